The number of nitrogens with two attached hydrogens (primary N) is 5. The number of carbonyl (C=O) groups is 2. The van der Waals surface area contributed by atoms with Crippen molar-refractivity contribution in [3.63, 3.8) is 0 Å². The van der Waals surface area contributed by atoms with Crippen LogP contribution < -0.4 is 28.7 Å². The first-order chi connectivity index (χ1) is 10.3. The molecule has 120 valence electrons. The molecule has 2 aromatic rings. The summed E-state index contributed by atoms with van der Waals surface area (Å²) in [5.41, 5.74) is 23.9. The molecule has 0 spiro atoms. The summed E-state index contributed by atoms with van der Waals surface area (Å²) in [6.45, 7) is 2.00. The van der Waals surface area contributed by atoms with Crippen molar-refractivity contribution in [1.29, 1.82) is 0 Å². The Bertz CT molecular complexity index is 498. The van der Waals surface area contributed by atoms with Gasteiger partial charge in [0.05, 0.1) is 0 Å². The fourth-order valence-corrected chi connectivity index (χ4v) is 0.855. The van der Waals surface area contributed by atoms with Crippen LogP contribution in [0.25, 0.3) is 0 Å². The molecule has 11 nitrogen and oxygen atoms in total. The molecule has 0 fully saturated rings. The van der Waals surface area contributed by atoms with E-state index in [2.05, 4.69) is 26.4 Å². The zero-order valence-corrected chi connectivity index (χ0v) is 11.6. The average Bonchev–Trinajstić information content (AvgIpc) is 2.40. The van der Waals surface area contributed by atoms with Crippen LogP contribution in [-0.2, 0) is 4.79 Å². The molecule has 0 aliphatic carbocycles. The number of para-hydroxylation sites is 1. The number of benzene rings is 1. The van der Waals surface area contributed by atoms with Gasteiger partial charge in [-0.05, 0) is 12.1 Å². The largest absolute Gasteiger partial charge is 0.508 e. The van der Waals surface area contributed by atoms with Gasteiger partial charge in [0, 0.05) is 0 Å². The molecule has 1 heterocycles. The Morgan fingerprint density at radius 2 is 1.14 bits per heavy atom. The lowest BCUT2D eigenvalue weighted by Crippen LogP contribution is -2.18. The van der Waals surface area contributed by atoms with Crippen LogP contribution in [-0.4, -0.2) is 32.9 Å². The van der Waals surface area contributed by atoms with E-state index in [0.29, 0.717) is 5.75 Å². The molecule has 11 heteroatoms. The van der Waals surface area contributed by atoms with E-state index < -0.39 is 6.03 Å². The van der Waals surface area contributed by atoms with Gasteiger partial charge in [-0.15, -0.1) is 0 Å². The molecule has 0 saturated heterocycles. The molecule has 1 aromatic heterocycles. The van der Waals surface area contributed by atoms with Crippen molar-refractivity contribution < 1.29 is 14.7 Å². The Kier molecular flexibility index (Phi) is 11.7. The van der Waals surface area contributed by atoms with Gasteiger partial charge in [-0.1, -0.05) is 18.2 Å². The minimum absolute atomic E-state index is 0.0417. The number of aromatic hydroxyl groups is 1. The van der Waals surface area contributed by atoms with Gasteiger partial charge in [0.25, 0.3) is 0 Å². The molecular weight excluding hydrogens is 292 g/mol. The molecule has 22 heavy (non-hydrogen) atoms. The number of hydrogen-bond acceptors (Lipinski definition) is 9. The molecule has 2 rings (SSSR count). The van der Waals surface area contributed by atoms with Crippen LogP contribution in [0.2, 0.25) is 0 Å². The first kappa shape index (κ1) is 20.7. The average molecular weight is 310 g/mol. The van der Waals surface area contributed by atoms with Gasteiger partial charge in [0.1, 0.15) is 12.5 Å². The summed E-state index contributed by atoms with van der Waals surface area (Å²) in [4.78, 5) is 27.5. The van der Waals surface area contributed by atoms with Crippen molar-refractivity contribution in [2.45, 2.75) is 0 Å². The van der Waals surface area contributed by atoms with E-state index in [1.54, 1.807) is 24.3 Å². The van der Waals surface area contributed by atoms with Gasteiger partial charge < -0.3 is 38.6 Å². The number of urea groups is 1. The van der Waals surface area contributed by atoms with Gasteiger partial charge in [-0.3, -0.25) is 0 Å². The monoisotopic (exact) mass is 310 g/mol. The molecule has 0 bridgehead atoms. The predicted molar refractivity (Wildman–Crippen MR) is 82.1 cm³/mol. The summed E-state index contributed by atoms with van der Waals surface area (Å²) in [5, 5.41) is 8.63. The lowest BCUT2D eigenvalue weighted by molar-refractivity contribution is -0.0980. The maximum absolute atomic E-state index is 9.00. The van der Waals surface area contributed by atoms with E-state index >= 15 is 0 Å². The highest BCUT2D eigenvalue weighted by Gasteiger charge is 1.93. The SMILES string of the molecule is C=O.NC(N)=O.Nc1nc(N)nc(N)n1.Oc1ccccc1. The van der Waals surface area contributed by atoms with Crippen LogP contribution in [0.5, 0.6) is 5.75 Å². The fraction of sp³-hybridized carbons (Fsp3) is 0. The van der Waals surface area contributed by atoms with Crippen molar-refractivity contribution in [3.05, 3.63) is 30.3 Å². The Morgan fingerprint density at radius 1 is 0.864 bits per heavy atom. The number of carbonyl (C=O) groups excluding carboxylic acids is 2. The van der Waals surface area contributed by atoms with E-state index in [0.717, 1.165) is 0 Å². The summed E-state index contributed by atoms with van der Waals surface area (Å²) < 4.78 is 0. The summed E-state index contributed by atoms with van der Waals surface area (Å²) in [5.74, 6) is 0.447. The smallest absolute Gasteiger partial charge is 0.309 e. The number of anilines is 3. The van der Waals surface area contributed by atoms with Gasteiger partial charge in [0.2, 0.25) is 17.8 Å². The second-order valence-corrected chi connectivity index (χ2v) is 3.15. The van der Waals surface area contributed by atoms with Crippen molar-refractivity contribution in [2.24, 2.45) is 11.5 Å². The van der Waals surface area contributed by atoms with Crippen LogP contribution in [0.3, 0.4) is 0 Å². The van der Waals surface area contributed by atoms with E-state index in [1.807, 2.05) is 12.9 Å². The Hall–Kier alpha value is -3.63. The topological polar surface area (TPSA) is 223 Å². The zero-order chi connectivity index (χ0) is 17.5. The fourth-order valence-electron chi connectivity index (χ4n) is 0.855. The molecule has 2 amide bonds. The number of nitrogen functional groups attached to an aromatic ring is 3. The number of hydrogen-bond donors (Lipinski definition) is 6. The van der Waals surface area contributed by atoms with Gasteiger partial charge >= 0.3 is 6.03 Å². The molecule has 0 unspecified atom stereocenters. The molecule has 0 radical (unpaired) electrons. The molecule has 1 aromatic carbocycles. The zero-order valence-electron chi connectivity index (χ0n) is 11.6. The van der Waals surface area contributed by atoms with Crippen LogP contribution in [0.1, 0.15) is 0 Å². The first-order valence-electron chi connectivity index (χ1n) is 5.41. The number of amides is 2. The van der Waals surface area contributed by atoms with Gasteiger partial charge in [0.15, 0.2) is 0 Å². The first-order valence-corrected chi connectivity index (χ1v) is 5.41. The van der Waals surface area contributed by atoms with Gasteiger partial charge in [-0.25, -0.2) is 4.79 Å². The Balaban J connectivity index is 0. The second kappa shape index (κ2) is 12.4. The third-order valence-corrected chi connectivity index (χ3v) is 1.44. The third-order valence-electron chi connectivity index (χ3n) is 1.44. The molecule has 0 aliphatic heterocycles. The van der Waals surface area contributed by atoms with Crippen molar-refractivity contribution in [3.8, 4) is 5.75 Å². The van der Waals surface area contributed by atoms with Crippen molar-refractivity contribution in [2.75, 3.05) is 17.2 Å². The third kappa shape index (κ3) is 14.4. The molecule has 0 saturated carbocycles. The maximum atomic E-state index is 9.00. The van der Waals surface area contributed by atoms with Crippen LogP contribution >= 0.6 is 0 Å². The Labute approximate surface area is 126 Å². The summed E-state index contributed by atoms with van der Waals surface area (Å²) in [6, 6.07) is 7.88. The highest BCUT2D eigenvalue weighted by Crippen LogP contribution is 2.02. The van der Waals surface area contributed by atoms with E-state index in [-0.39, 0.29) is 17.8 Å². The lowest BCUT2D eigenvalue weighted by Gasteiger charge is -1.93. The van der Waals surface area contributed by atoms with E-state index in [1.165, 1.54) is 0 Å². The van der Waals surface area contributed by atoms with Crippen molar-refractivity contribution >= 4 is 30.7 Å². The minimum Gasteiger partial charge on any atom is -0.508 e. The van der Waals surface area contributed by atoms with Crippen LogP contribution in [0.15, 0.2) is 30.3 Å². The number of primary amides is 2. The molecule has 11 N–H and O–H groups in total. The van der Waals surface area contributed by atoms with E-state index in [9.17, 15) is 0 Å². The number of nitrogens with zero attached hydrogens (tertiary/aromatic N) is 3. The number of phenols is 1. The van der Waals surface area contributed by atoms with Crippen molar-refractivity contribution in [1.82, 2.24) is 15.0 Å². The minimum atomic E-state index is -0.833. The maximum Gasteiger partial charge on any atom is 0.309 e. The standard InChI is InChI=1S/C6H6O.C3H6N6.CH4N2O.CH2O/c7-6-4-2-1-3-5-6;4-1-7-2(5)9-3(6)8-1;2-1(3)4;1-2/h1-5,7H;(H6,4,5,6,7,8,9);(H4,2,3,4);1H2. The van der Waals surface area contributed by atoms with Crippen LogP contribution in [0, 0.1) is 0 Å². The lowest BCUT2D eigenvalue weighted by atomic mass is 10.3. The quantitative estimate of drug-likeness (QED) is 0.345. The molecule has 0 atom stereocenters. The number of aromatic nitrogens is 3. The van der Waals surface area contributed by atoms with Gasteiger partial charge in [-0.2, -0.15) is 15.0 Å². The predicted octanol–water partition coefficient (Wildman–Crippen LogP) is -1.15. The summed E-state index contributed by atoms with van der Waals surface area (Å²) in [6.07, 6.45) is 0. The number of rotatable bonds is 0. The second-order valence-electron chi connectivity index (χ2n) is 3.15. The van der Waals surface area contributed by atoms with E-state index in [4.69, 9.17) is 31.9 Å². The molecular formula is C11H18N8O3. The summed E-state index contributed by atoms with van der Waals surface area (Å²) in [7, 11) is 0. The Morgan fingerprint density at radius 3 is 1.32 bits per heavy atom. The number of phenolic OH excluding ortho intramolecular Hbond substituents is 1. The molecule has 0 aliphatic rings. The van der Waals surface area contributed by atoms with Crippen LogP contribution in [0.4, 0.5) is 22.6 Å². The summed E-state index contributed by atoms with van der Waals surface area (Å²) >= 11 is 0. The highest BCUT2D eigenvalue weighted by molar-refractivity contribution is 5.69. The normalized spacial score (nSPS) is 7.82. The highest BCUT2D eigenvalue weighted by atomic mass is 16.3.